The van der Waals surface area contributed by atoms with Gasteiger partial charge in [-0.05, 0) is 37.3 Å². The van der Waals surface area contributed by atoms with Crippen LogP contribution in [0.1, 0.15) is 13.0 Å². The summed E-state index contributed by atoms with van der Waals surface area (Å²) in [7, 11) is 3.38. The van der Waals surface area contributed by atoms with E-state index < -0.39 is 6.04 Å². The minimum absolute atomic E-state index is 0.0590. The Kier molecular flexibility index (Phi) is 3.21. The van der Waals surface area contributed by atoms with Crippen molar-refractivity contribution in [3.05, 3.63) is 28.8 Å². The van der Waals surface area contributed by atoms with E-state index in [-0.39, 0.29) is 11.7 Å². The van der Waals surface area contributed by atoms with Crippen LogP contribution in [0.3, 0.4) is 0 Å². The molecule has 96 valence electrons. The zero-order valence-corrected chi connectivity index (χ0v) is 11.2. The molecule has 2 aromatic rings. The first-order valence-corrected chi connectivity index (χ1v) is 5.93. The van der Waals surface area contributed by atoms with Crippen molar-refractivity contribution in [1.82, 2.24) is 14.5 Å². The maximum atomic E-state index is 13.1. The number of halogens is 1. The Morgan fingerprint density at radius 3 is 2.78 bits per heavy atom. The van der Waals surface area contributed by atoms with E-state index in [4.69, 9.17) is 12.2 Å². The number of aromatic amines is 1. The maximum absolute atomic E-state index is 13.1. The molecular formula is C12H14FN3OS. The number of aromatic nitrogens is 2. The van der Waals surface area contributed by atoms with E-state index in [9.17, 15) is 9.18 Å². The molecule has 4 nitrogen and oxygen atoms in total. The smallest absolute Gasteiger partial charge is 0.244 e. The number of imidazole rings is 1. The number of amides is 1. The summed E-state index contributed by atoms with van der Waals surface area (Å²) >= 11 is 5.19. The van der Waals surface area contributed by atoms with Crippen LogP contribution in [0.2, 0.25) is 0 Å². The van der Waals surface area contributed by atoms with Crippen molar-refractivity contribution in [2.24, 2.45) is 0 Å². The highest BCUT2D eigenvalue weighted by molar-refractivity contribution is 7.71. The number of rotatable bonds is 2. The summed E-state index contributed by atoms with van der Waals surface area (Å²) < 4.78 is 15.2. The predicted molar refractivity (Wildman–Crippen MR) is 70.5 cm³/mol. The quantitative estimate of drug-likeness (QED) is 0.849. The van der Waals surface area contributed by atoms with Crippen LogP contribution in [-0.4, -0.2) is 34.5 Å². The van der Waals surface area contributed by atoms with Gasteiger partial charge in [0.05, 0.1) is 11.0 Å². The second-order valence-corrected chi connectivity index (χ2v) is 4.76. The third-order valence-corrected chi connectivity index (χ3v) is 3.16. The molecule has 2 rings (SSSR count). The molecule has 1 aromatic carbocycles. The standard InChI is InChI=1S/C12H14FN3OS/c1-7(11(17)15(2)3)16-10-5-4-8(13)6-9(10)14-12(16)18/h4-7H,1-3H3,(H,14,18). The number of benzene rings is 1. The van der Waals surface area contributed by atoms with Gasteiger partial charge in [0.25, 0.3) is 0 Å². The van der Waals surface area contributed by atoms with Crippen LogP contribution >= 0.6 is 12.2 Å². The number of nitrogens with zero attached hydrogens (tertiary/aromatic N) is 2. The lowest BCUT2D eigenvalue weighted by molar-refractivity contribution is -0.131. The third kappa shape index (κ3) is 2.03. The van der Waals surface area contributed by atoms with Crippen LogP contribution in [-0.2, 0) is 4.79 Å². The van der Waals surface area contributed by atoms with E-state index in [0.717, 1.165) is 5.52 Å². The average molecular weight is 267 g/mol. The molecule has 0 aliphatic rings. The number of carbonyl (C=O) groups is 1. The average Bonchev–Trinajstić information content (AvgIpc) is 2.62. The lowest BCUT2D eigenvalue weighted by atomic mass is 10.2. The molecule has 0 fully saturated rings. The molecule has 1 atom stereocenters. The third-order valence-electron chi connectivity index (χ3n) is 2.86. The molecule has 0 spiro atoms. The fourth-order valence-electron chi connectivity index (χ4n) is 1.97. The molecular weight excluding hydrogens is 253 g/mol. The van der Waals surface area contributed by atoms with Crippen molar-refractivity contribution in [2.75, 3.05) is 14.1 Å². The Hall–Kier alpha value is -1.69. The Bertz CT molecular complexity index is 659. The first-order chi connectivity index (χ1) is 8.41. The first kappa shape index (κ1) is 12.8. The highest BCUT2D eigenvalue weighted by atomic mass is 32.1. The van der Waals surface area contributed by atoms with Crippen molar-refractivity contribution in [3.63, 3.8) is 0 Å². The SMILES string of the molecule is CC(C(=O)N(C)C)n1c(=S)[nH]c2cc(F)ccc21. The van der Waals surface area contributed by atoms with Gasteiger partial charge >= 0.3 is 0 Å². The van der Waals surface area contributed by atoms with Crippen molar-refractivity contribution >= 4 is 29.2 Å². The van der Waals surface area contributed by atoms with E-state index in [1.165, 1.54) is 17.0 Å². The highest BCUT2D eigenvalue weighted by Gasteiger charge is 2.19. The topological polar surface area (TPSA) is 41.0 Å². The summed E-state index contributed by atoms with van der Waals surface area (Å²) in [5.41, 5.74) is 1.32. The summed E-state index contributed by atoms with van der Waals surface area (Å²) in [4.78, 5) is 16.4. The number of H-pyrrole nitrogens is 1. The summed E-state index contributed by atoms with van der Waals surface area (Å²) in [6, 6.07) is 3.92. The molecule has 18 heavy (non-hydrogen) atoms. The van der Waals surface area contributed by atoms with Crippen molar-refractivity contribution in [3.8, 4) is 0 Å². The number of fused-ring (bicyclic) bond motifs is 1. The zero-order chi connectivity index (χ0) is 13.4. The molecule has 0 saturated carbocycles. The van der Waals surface area contributed by atoms with Crippen LogP contribution in [0.4, 0.5) is 4.39 Å². The summed E-state index contributed by atoms with van der Waals surface area (Å²) in [6.45, 7) is 1.77. The van der Waals surface area contributed by atoms with Crippen molar-refractivity contribution in [1.29, 1.82) is 0 Å². The minimum Gasteiger partial charge on any atom is -0.347 e. The summed E-state index contributed by atoms with van der Waals surface area (Å²) in [6.07, 6.45) is 0. The Labute approximate surface area is 109 Å². The largest absolute Gasteiger partial charge is 0.347 e. The zero-order valence-electron chi connectivity index (χ0n) is 10.4. The number of likely N-dealkylation sites (N-methyl/N-ethyl adjacent to an activating group) is 1. The molecule has 0 radical (unpaired) electrons. The lowest BCUT2D eigenvalue weighted by Crippen LogP contribution is -2.29. The Balaban J connectivity index is 2.61. The van der Waals surface area contributed by atoms with Crippen LogP contribution < -0.4 is 0 Å². The first-order valence-electron chi connectivity index (χ1n) is 5.52. The lowest BCUT2D eigenvalue weighted by Gasteiger charge is -2.18. The van der Waals surface area contributed by atoms with Gasteiger partial charge < -0.3 is 14.5 Å². The number of hydrogen-bond acceptors (Lipinski definition) is 2. The highest BCUT2D eigenvalue weighted by Crippen LogP contribution is 2.20. The second-order valence-electron chi connectivity index (χ2n) is 4.37. The molecule has 0 saturated heterocycles. The monoisotopic (exact) mass is 267 g/mol. The number of carbonyl (C=O) groups excluding carboxylic acids is 1. The van der Waals surface area contributed by atoms with Gasteiger partial charge in [-0.3, -0.25) is 4.79 Å². The number of nitrogens with one attached hydrogen (secondary N) is 1. The van der Waals surface area contributed by atoms with Gasteiger partial charge in [-0.25, -0.2) is 4.39 Å². The molecule has 6 heteroatoms. The van der Waals surface area contributed by atoms with Gasteiger partial charge in [0.1, 0.15) is 11.9 Å². The van der Waals surface area contributed by atoms with Gasteiger partial charge in [-0.15, -0.1) is 0 Å². The van der Waals surface area contributed by atoms with Crippen LogP contribution in [0.5, 0.6) is 0 Å². The van der Waals surface area contributed by atoms with Gasteiger partial charge in [-0.2, -0.15) is 0 Å². The molecule has 0 bridgehead atoms. The van der Waals surface area contributed by atoms with E-state index in [1.807, 2.05) is 0 Å². The fraction of sp³-hybridized carbons (Fsp3) is 0.333. The minimum atomic E-state index is -0.424. The molecule has 1 amide bonds. The second kappa shape index (κ2) is 4.53. The van der Waals surface area contributed by atoms with Crippen molar-refractivity contribution in [2.45, 2.75) is 13.0 Å². The normalized spacial score (nSPS) is 12.7. The van der Waals surface area contributed by atoms with E-state index in [2.05, 4.69) is 4.98 Å². The van der Waals surface area contributed by atoms with Crippen LogP contribution in [0, 0.1) is 10.6 Å². The van der Waals surface area contributed by atoms with Gasteiger partial charge in [-0.1, -0.05) is 0 Å². The predicted octanol–water partition coefficient (Wildman–Crippen LogP) is 2.49. The fourth-order valence-corrected chi connectivity index (χ4v) is 2.34. The van der Waals surface area contributed by atoms with E-state index in [0.29, 0.717) is 10.3 Å². The van der Waals surface area contributed by atoms with Crippen molar-refractivity contribution < 1.29 is 9.18 Å². The maximum Gasteiger partial charge on any atom is 0.244 e. The van der Waals surface area contributed by atoms with E-state index in [1.54, 1.807) is 31.7 Å². The van der Waals surface area contributed by atoms with Crippen LogP contribution in [0.25, 0.3) is 11.0 Å². The summed E-state index contributed by atoms with van der Waals surface area (Å²) in [5.74, 6) is -0.395. The molecule has 1 heterocycles. The Morgan fingerprint density at radius 1 is 1.50 bits per heavy atom. The Morgan fingerprint density at radius 2 is 2.17 bits per heavy atom. The van der Waals surface area contributed by atoms with E-state index >= 15 is 0 Å². The molecule has 1 aromatic heterocycles. The van der Waals surface area contributed by atoms with Crippen LogP contribution in [0.15, 0.2) is 18.2 Å². The van der Waals surface area contributed by atoms with Gasteiger partial charge in [0, 0.05) is 14.1 Å². The molecule has 0 aliphatic heterocycles. The molecule has 1 unspecified atom stereocenters. The van der Waals surface area contributed by atoms with Gasteiger partial charge in [0.2, 0.25) is 5.91 Å². The molecule has 1 N–H and O–H groups in total. The van der Waals surface area contributed by atoms with Gasteiger partial charge in [0.15, 0.2) is 4.77 Å². The molecule has 0 aliphatic carbocycles. The number of hydrogen-bond donors (Lipinski definition) is 1. The summed E-state index contributed by atoms with van der Waals surface area (Å²) in [5, 5.41) is 0.